The molecular weight excluding hydrogens is 598 g/mol. The fourth-order valence-corrected chi connectivity index (χ4v) is 6.79. The molecule has 0 spiro atoms. The van der Waals surface area contributed by atoms with Crippen LogP contribution in [0.3, 0.4) is 0 Å². The monoisotopic (exact) mass is 635 g/mol. The number of rotatable bonds is 7. The Morgan fingerprint density at radius 1 is 1.09 bits per heavy atom. The third-order valence-electron chi connectivity index (χ3n) is 8.34. The number of morpholine rings is 1. The number of aromatic nitrogens is 4. The second kappa shape index (κ2) is 14.6. The Balaban J connectivity index is 1.23. The first kappa shape index (κ1) is 30.6. The molecule has 0 radical (unpaired) electrons. The molecule has 11 heteroatoms. The van der Waals surface area contributed by atoms with Crippen LogP contribution in [0.5, 0.6) is 0 Å². The van der Waals surface area contributed by atoms with Crippen molar-refractivity contribution in [1.29, 1.82) is 0 Å². The largest absolute Gasteiger partial charge is 0.379 e. The summed E-state index contributed by atoms with van der Waals surface area (Å²) in [5, 5.41) is 7.43. The van der Waals surface area contributed by atoms with E-state index in [0.29, 0.717) is 43.5 Å². The van der Waals surface area contributed by atoms with E-state index in [-0.39, 0.29) is 11.7 Å². The van der Waals surface area contributed by atoms with E-state index in [4.69, 9.17) is 14.5 Å². The molecular formula is C35H37N7O3S. The van der Waals surface area contributed by atoms with Gasteiger partial charge in [0, 0.05) is 66.4 Å². The number of hydrogen-bond acceptors (Lipinski definition) is 10. The average molecular weight is 636 g/mol. The lowest BCUT2D eigenvalue weighted by Crippen LogP contribution is -2.31. The molecule has 1 aromatic carbocycles. The molecule has 7 rings (SSSR count). The lowest BCUT2D eigenvalue weighted by Gasteiger charge is -2.26. The van der Waals surface area contributed by atoms with E-state index < -0.39 is 0 Å². The van der Waals surface area contributed by atoms with Crippen molar-refractivity contribution in [2.24, 2.45) is 0 Å². The Labute approximate surface area is 272 Å². The number of anilines is 2. The highest BCUT2D eigenvalue weighted by molar-refractivity contribution is 7.97. The Kier molecular flexibility index (Phi) is 9.70. The number of ether oxygens (including phenoxy) is 2. The summed E-state index contributed by atoms with van der Waals surface area (Å²) < 4.78 is 15.3. The zero-order valence-electron chi connectivity index (χ0n) is 25.7. The molecule has 0 bridgehead atoms. The summed E-state index contributed by atoms with van der Waals surface area (Å²) in [6.45, 7) is 5.96. The quantitative estimate of drug-likeness (QED) is 0.221. The highest BCUT2D eigenvalue weighted by atomic mass is 32.2. The van der Waals surface area contributed by atoms with Crippen LogP contribution in [0, 0.1) is 11.8 Å². The average Bonchev–Trinajstić information content (AvgIpc) is 3.11. The molecule has 4 aromatic rings. The molecule has 2 fully saturated rings. The van der Waals surface area contributed by atoms with Gasteiger partial charge in [-0.25, -0.2) is 9.29 Å². The van der Waals surface area contributed by atoms with Gasteiger partial charge in [-0.3, -0.25) is 14.3 Å². The zero-order valence-corrected chi connectivity index (χ0v) is 26.5. The van der Waals surface area contributed by atoms with Crippen molar-refractivity contribution in [3.05, 3.63) is 88.1 Å². The van der Waals surface area contributed by atoms with Gasteiger partial charge in [0.2, 0.25) is 5.95 Å². The molecule has 6 heterocycles. The molecule has 46 heavy (non-hydrogen) atoms. The van der Waals surface area contributed by atoms with Crippen molar-refractivity contribution in [2.45, 2.75) is 43.2 Å². The smallest absolute Gasteiger partial charge is 0.268 e. The van der Waals surface area contributed by atoms with Gasteiger partial charge in [-0.15, -0.1) is 0 Å². The van der Waals surface area contributed by atoms with Gasteiger partial charge in [-0.05, 0) is 79.6 Å². The summed E-state index contributed by atoms with van der Waals surface area (Å²) in [5.74, 6) is 6.74. The molecule has 236 valence electrons. The Morgan fingerprint density at radius 2 is 1.98 bits per heavy atom. The predicted molar refractivity (Wildman–Crippen MR) is 181 cm³/mol. The topological polar surface area (TPSA) is 106 Å². The normalized spacial score (nSPS) is 18.9. The van der Waals surface area contributed by atoms with Crippen LogP contribution in [0.2, 0.25) is 0 Å². The van der Waals surface area contributed by atoms with Gasteiger partial charge in [-0.1, -0.05) is 30.0 Å². The lowest BCUT2D eigenvalue weighted by atomic mass is 10.0. The summed E-state index contributed by atoms with van der Waals surface area (Å²) in [6, 6.07) is 12.1. The molecule has 2 N–H and O–H groups in total. The standard InChI is InChI=1S/C35H37N7O3S/c43-34-27(6-9-31-3-1-2-18-45-31)21-28-23-38-35(39-30-7-4-25(5-8-30)26-10-13-36-14-11-26)40-33(28)42(34)24-29-22-37-15-12-32(29)46-41-16-19-44-20-17-41/h4-5,7-8,10,12,15,21-23,31,36H,1-3,11,13-14,16-20,24H2,(H,38,39,40). The van der Waals surface area contributed by atoms with Gasteiger partial charge in [-0.2, -0.15) is 4.98 Å². The summed E-state index contributed by atoms with van der Waals surface area (Å²) in [4.78, 5) is 29.0. The SMILES string of the molecule is O=c1c(C#CC2CCCCO2)cc2cnc(Nc3ccc(C4=CCNCC4)cc3)nc2n1Cc1cnccc1SN1CCOCC1. The summed E-state index contributed by atoms with van der Waals surface area (Å²) >= 11 is 1.67. The number of hydrogen-bond donors (Lipinski definition) is 2. The number of pyridine rings is 2. The Hall–Kier alpha value is -4.05. The minimum absolute atomic E-state index is 0.160. The van der Waals surface area contributed by atoms with Crippen LogP contribution in [0.1, 0.15) is 42.4 Å². The number of nitrogens with one attached hydrogen (secondary N) is 2. The van der Waals surface area contributed by atoms with Crippen LogP contribution in [-0.4, -0.2) is 75.9 Å². The van der Waals surface area contributed by atoms with Crippen LogP contribution in [-0.2, 0) is 16.0 Å². The number of fused-ring (bicyclic) bond motifs is 1. The van der Waals surface area contributed by atoms with Crippen molar-refractivity contribution in [1.82, 2.24) is 29.1 Å². The second-order valence-corrected chi connectivity index (χ2v) is 12.7. The van der Waals surface area contributed by atoms with Crippen molar-refractivity contribution in [2.75, 3.05) is 51.3 Å². The highest BCUT2D eigenvalue weighted by Gasteiger charge is 2.18. The van der Waals surface area contributed by atoms with Crippen LogP contribution in [0.4, 0.5) is 11.6 Å². The minimum Gasteiger partial charge on any atom is -0.379 e. The van der Waals surface area contributed by atoms with Gasteiger partial charge >= 0.3 is 0 Å². The van der Waals surface area contributed by atoms with E-state index >= 15 is 0 Å². The first-order chi connectivity index (χ1) is 22.7. The van der Waals surface area contributed by atoms with Crippen LogP contribution < -0.4 is 16.2 Å². The number of nitrogens with zero attached hydrogens (tertiary/aromatic N) is 5. The molecule has 0 saturated carbocycles. The first-order valence-electron chi connectivity index (χ1n) is 15.9. The Morgan fingerprint density at radius 3 is 2.78 bits per heavy atom. The van der Waals surface area contributed by atoms with Crippen molar-refractivity contribution in [3.8, 4) is 11.8 Å². The van der Waals surface area contributed by atoms with Crippen LogP contribution in [0.25, 0.3) is 16.6 Å². The third kappa shape index (κ3) is 7.33. The van der Waals surface area contributed by atoms with E-state index in [1.807, 2.05) is 24.4 Å². The zero-order chi connectivity index (χ0) is 31.1. The van der Waals surface area contributed by atoms with Crippen molar-refractivity contribution < 1.29 is 9.47 Å². The van der Waals surface area contributed by atoms with Gasteiger partial charge in [0.25, 0.3) is 5.56 Å². The molecule has 3 aliphatic heterocycles. The van der Waals surface area contributed by atoms with Crippen LogP contribution >= 0.6 is 11.9 Å². The number of benzene rings is 1. The molecule has 1 atom stereocenters. The summed E-state index contributed by atoms with van der Waals surface area (Å²) in [6.07, 6.45) is 11.5. The van der Waals surface area contributed by atoms with Crippen molar-refractivity contribution >= 4 is 40.2 Å². The molecule has 0 amide bonds. The van der Waals surface area contributed by atoms with E-state index in [9.17, 15) is 4.79 Å². The molecule has 2 saturated heterocycles. The minimum atomic E-state index is -0.203. The van der Waals surface area contributed by atoms with E-state index in [1.54, 1.807) is 35.0 Å². The maximum absolute atomic E-state index is 14.1. The van der Waals surface area contributed by atoms with Crippen LogP contribution in [0.15, 0.2) is 70.8 Å². The highest BCUT2D eigenvalue weighted by Crippen LogP contribution is 2.28. The van der Waals surface area contributed by atoms with Gasteiger partial charge in [0.15, 0.2) is 0 Å². The fraction of sp³-hybridized carbons (Fsp3) is 0.371. The summed E-state index contributed by atoms with van der Waals surface area (Å²) in [5.41, 5.74) is 5.11. The van der Waals surface area contributed by atoms with E-state index in [1.165, 1.54) is 11.1 Å². The maximum atomic E-state index is 14.1. The molecule has 10 nitrogen and oxygen atoms in total. The van der Waals surface area contributed by atoms with Gasteiger partial charge in [0.05, 0.1) is 25.3 Å². The summed E-state index contributed by atoms with van der Waals surface area (Å²) in [7, 11) is 0. The fourth-order valence-electron chi connectivity index (χ4n) is 5.82. The predicted octanol–water partition coefficient (Wildman–Crippen LogP) is 4.62. The third-order valence-corrected chi connectivity index (χ3v) is 9.55. The Bertz CT molecular complexity index is 1840. The van der Waals surface area contributed by atoms with E-state index in [0.717, 1.165) is 73.4 Å². The van der Waals surface area contributed by atoms with E-state index in [2.05, 4.69) is 55.0 Å². The lowest BCUT2D eigenvalue weighted by molar-refractivity contribution is 0.0526. The molecule has 3 aromatic heterocycles. The molecule has 3 aliphatic rings. The molecule has 0 aliphatic carbocycles. The van der Waals surface area contributed by atoms with Gasteiger partial charge < -0.3 is 20.1 Å². The maximum Gasteiger partial charge on any atom is 0.268 e. The van der Waals surface area contributed by atoms with Gasteiger partial charge in [0.1, 0.15) is 11.8 Å². The van der Waals surface area contributed by atoms with Crippen molar-refractivity contribution in [3.63, 3.8) is 0 Å². The molecule has 1 unspecified atom stereocenters. The second-order valence-electron chi connectivity index (χ2n) is 11.5. The first-order valence-corrected chi connectivity index (χ1v) is 16.7.